The molecule has 0 radical (unpaired) electrons. The van der Waals surface area contributed by atoms with Gasteiger partial charge in [-0.05, 0) is 36.1 Å². The van der Waals surface area contributed by atoms with Gasteiger partial charge in [-0.25, -0.2) is 8.42 Å². The number of hydroxylamine groups is 1. The highest BCUT2D eigenvalue weighted by Crippen LogP contribution is 2.25. The molecule has 0 fully saturated rings. The van der Waals surface area contributed by atoms with Crippen molar-refractivity contribution in [2.45, 2.75) is 11.3 Å². The van der Waals surface area contributed by atoms with Gasteiger partial charge < -0.3 is 5.32 Å². The lowest BCUT2D eigenvalue weighted by Crippen LogP contribution is -2.28. The first-order valence-electron chi connectivity index (χ1n) is 6.99. The van der Waals surface area contributed by atoms with E-state index in [0.29, 0.717) is 17.4 Å². The van der Waals surface area contributed by atoms with E-state index in [1.54, 1.807) is 11.3 Å². The molecule has 9 heteroatoms. The summed E-state index contributed by atoms with van der Waals surface area (Å²) in [4.78, 5) is 17.9. The van der Waals surface area contributed by atoms with Gasteiger partial charge in [-0.3, -0.25) is 9.63 Å². The van der Waals surface area contributed by atoms with Crippen LogP contribution in [0.4, 0.5) is 0 Å². The Bertz CT molecular complexity index is 807. The molecule has 1 amide bonds. The third-order valence-electron chi connectivity index (χ3n) is 3.30. The Labute approximate surface area is 150 Å². The molecule has 24 heavy (non-hydrogen) atoms. The predicted octanol–water partition coefficient (Wildman–Crippen LogP) is 2.56. The Morgan fingerprint density at radius 2 is 2.12 bits per heavy atom. The smallest absolute Gasteiger partial charge is 0.266 e. The first-order chi connectivity index (χ1) is 11.4. The van der Waals surface area contributed by atoms with Crippen LogP contribution in [-0.2, 0) is 21.3 Å². The molecule has 0 aliphatic carbocycles. The number of carbonyl (C=O) groups excluding carboxylic acids is 1. The minimum absolute atomic E-state index is 0.0223. The van der Waals surface area contributed by atoms with Gasteiger partial charge >= 0.3 is 0 Å². The van der Waals surface area contributed by atoms with Crippen LogP contribution in [0.5, 0.6) is 0 Å². The normalized spacial score (nSPS) is 11.7. The topological polar surface area (TPSA) is 75.7 Å². The van der Waals surface area contributed by atoms with Gasteiger partial charge in [0.05, 0.1) is 12.1 Å². The van der Waals surface area contributed by atoms with Crippen molar-refractivity contribution in [2.24, 2.45) is 0 Å². The van der Waals surface area contributed by atoms with Gasteiger partial charge in [0.25, 0.3) is 15.9 Å². The van der Waals surface area contributed by atoms with Gasteiger partial charge in [0.15, 0.2) is 0 Å². The summed E-state index contributed by atoms with van der Waals surface area (Å²) in [5.41, 5.74) is 0.216. The number of nitrogens with zero attached hydrogens (tertiary/aromatic N) is 1. The molecule has 0 atom stereocenters. The Balaban J connectivity index is 2.13. The Kier molecular flexibility index (Phi) is 6.36. The molecule has 1 heterocycles. The van der Waals surface area contributed by atoms with Crippen LogP contribution in [0.15, 0.2) is 40.6 Å². The monoisotopic (exact) mass is 388 g/mol. The third-order valence-corrected chi connectivity index (χ3v) is 6.40. The number of halogens is 1. The second kappa shape index (κ2) is 8.09. The Hall–Kier alpha value is -1.45. The van der Waals surface area contributed by atoms with Crippen molar-refractivity contribution >= 4 is 38.9 Å². The minimum atomic E-state index is -3.93. The maximum absolute atomic E-state index is 12.3. The third kappa shape index (κ3) is 4.34. The first kappa shape index (κ1) is 18.9. The fourth-order valence-corrected chi connectivity index (χ4v) is 4.12. The number of benzene rings is 1. The molecule has 0 bridgehead atoms. The van der Waals surface area contributed by atoms with E-state index in [1.165, 1.54) is 32.4 Å². The quantitative estimate of drug-likeness (QED) is 0.739. The maximum Gasteiger partial charge on any atom is 0.266 e. The summed E-state index contributed by atoms with van der Waals surface area (Å²) in [6, 6.07) is 8.04. The van der Waals surface area contributed by atoms with Gasteiger partial charge in [0.1, 0.15) is 4.90 Å². The SMILES string of the molecule is CON(C)S(=O)(=O)c1cc(C(=O)NCCc2cccs2)ccc1Cl. The summed E-state index contributed by atoms with van der Waals surface area (Å²) in [5, 5.41) is 4.76. The zero-order valence-electron chi connectivity index (χ0n) is 13.2. The van der Waals surface area contributed by atoms with Crippen molar-refractivity contribution < 1.29 is 18.0 Å². The van der Waals surface area contributed by atoms with Crippen LogP contribution >= 0.6 is 22.9 Å². The molecule has 130 valence electrons. The van der Waals surface area contributed by atoms with Crippen LogP contribution in [0.3, 0.4) is 0 Å². The molecule has 1 aromatic heterocycles. The number of sulfonamides is 1. The van der Waals surface area contributed by atoms with E-state index in [-0.39, 0.29) is 21.4 Å². The first-order valence-corrected chi connectivity index (χ1v) is 9.69. The number of hydrogen-bond acceptors (Lipinski definition) is 5. The molecule has 0 saturated heterocycles. The van der Waals surface area contributed by atoms with Gasteiger partial charge in [-0.2, -0.15) is 0 Å². The molecule has 2 aromatic rings. The Morgan fingerprint density at radius 1 is 1.38 bits per heavy atom. The van der Waals surface area contributed by atoms with E-state index in [2.05, 4.69) is 5.32 Å². The lowest BCUT2D eigenvalue weighted by atomic mass is 10.2. The van der Waals surface area contributed by atoms with Crippen LogP contribution < -0.4 is 5.32 Å². The molecular weight excluding hydrogens is 372 g/mol. The number of rotatable bonds is 7. The van der Waals surface area contributed by atoms with Crippen LogP contribution in [-0.4, -0.2) is 39.5 Å². The van der Waals surface area contributed by atoms with Crippen molar-refractivity contribution in [3.05, 3.63) is 51.2 Å². The fraction of sp³-hybridized carbons (Fsp3) is 0.267. The van der Waals surface area contributed by atoms with Crippen molar-refractivity contribution in [1.29, 1.82) is 0 Å². The van der Waals surface area contributed by atoms with Crippen LogP contribution in [0, 0.1) is 0 Å². The van der Waals surface area contributed by atoms with E-state index in [4.69, 9.17) is 16.4 Å². The molecule has 0 aliphatic rings. The van der Waals surface area contributed by atoms with Gasteiger partial charge in [-0.1, -0.05) is 22.1 Å². The highest BCUT2D eigenvalue weighted by atomic mass is 35.5. The molecular formula is C15H17ClN2O4S2. The van der Waals surface area contributed by atoms with Gasteiger partial charge in [-0.15, -0.1) is 11.3 Å². The molecule has 1 aromatic carbocycles. The molecule has 2 rings (SSSR count). The highest BCUT2D eigenvalue weighted by molar-refractivity contribution is 7.89. The number of thiophene rings is 1. The molecule has 0 saturated carbocycles. The van der Waals surface area contributed by atoms with E-state index in [0.717, 1.165) is 4.88 Å². The summed E-state index contributed by atoms with van der Waals surface area (Å²) < 4.78 is 25.3. The molecule has 0 unspecified atom stereocenters. The van der Waals surface area contributed by atoms with Crippen molar-refractivity contribution in [3.8, 4) is 0 Å². The van der Waals surface area contributed by atoms with Crippen molar-refractivity contribution in [3.63, 3.8) is 0 Å². The Morgan fingerprint density at radius 3 is 2.75 bits per heavy atom. The van der Waals surface area contributed by atoms with Crippen molar-refractivity contribution in [2.75, 3.05) is 20.7 Å². The number of amides is 1. The minimum Gasteiger partial charge on any atom is -0.352 e. The zero-order valence-corrected chi connectivity index (χ0v) is 15.5. The van der Waals surface area contributed by atoms with Gasteiger partial charge in [0.2, 0.25) is 0 Å². The summed E-state index contributed by atoms with van der Waals surface area (Å²) in [6.45, 7) is 0.460. The molecule has 0 aliphatic heterocycles. The molecule has 1 N–H and O–H groups in total. The van der Waals surface area contributed by atoms with E-state index >= 15 is 0 Å². The largest absolute Gasteiger partial charge is 0.352 e. The lowest BCUT2D eigenvalue weighted by molar-refractivity contribution is -0.0258. The maximum atomic E-state index is 12.3. The second-order valence-electron chi connectivity index (χ2n) is 4.83. The fourth-order valence-electron chi connectivity index (χ4n) is 1.94. The van der Waals surface area contributed by atoms with Gasteiger partial charge in [0, 0.05) is 24.0 Å². The summed E-state index contributed by atoms with van der Waals surface area (Å²) >= 11 is 7.58. The van der Waals surface area contributed by atoms with E-state index in [1.807, 2.05) is 17.5 Å². The lowest BCUT2D eigenvalue weighted by Gasteiger charge is -2.15. The summed E-state index contributed by atoms with van der Waals surface area (Å²) in [6.07, 6.45) is 0.717. The average molecular weight is 389 g/mol. The summed E-state index contributed by atoms with van der Waals surface area (Å²) in [5.74, 6) is -0.361. The van der Waals surface area contributed by atoms with Crippen LogP contribution in [0.1, 0.15) is 15.2 Å². The second-order valence-corrected chi connectivity index (χ2v) is 8.17. The zero-order chi connectivity index (χ0) is 17.7. The van der Waals surface area contributed by atoms with E-state index in [9.17, 15) is 13.2 Å². The molecule has 0 spiro atoms. The average Bonchev–Trinajstić information content (AvgIpc) is 3.07. The number of nitrogens with one attached hydrogen (secondary N) is 1. The molecule has 6 nitrogen and oxygen atoms in total. The number of hydrogen-bond donors (Lipinski definition) is 1. The van der Waals surface area contributed by atoms with Crippen LogP contribution in [0.25, 0.3) is 0 Å². The van der Waals surface area contributed by atoms with Crippen LogP contribution in [0.2, 0.25) is 5.02 Å². The number of carbonyl (C=O) groups is 1. The predicted molar refractivity (Wildman–Crippen MR) is 93.8 cm³/mol. The highest BCUT2D eigenvalue weighted by Gasteiger charge is 2.25. The standard InChI is InChI=1S/C15H17ClN2O4S2/c1-18(22-2)24(20,21)14-10-11(5-6-13(14)16)15(19)17-8-7-12-4-3-9-23-12/h3-6,9-10H,7-8H2,1-2H3,(H,17,19). The van der Waals surface area contributed by atoms with E-state index < -0.39 is 10.0 Å². The summed E-state index contributed by atoms with van der Waals surface area (Å²) in [7, 11) is -1.45. The van der Waals surface area contributed by atoms with Crippen molar-refractivity contribution in [1.82, 2.24) is 9.79 Å².